The van der Waals surface area contributed by atoms with Crippen LogP contribution in [0, 0.1) is 6.92 Å². The molecule has 1 aliphatic carbocycles. The van der Waals surface area contributed by atoms with E-state index in [9.17, 15) is 18.0 Å². The monoisotopic (exact) mass is 714 g/mol. The van der Waals surface area contributed by atoms with Crippen LogP contribution < -0.4 is 16.0 Å². The summed E-state index contributed by atoms with van der Waals surface area (Å²) in [5.41, 5.74) is 2.42. The number of halogens is 1. The van der Waals surface area contributed by atoms with Gasteiger partial charge in [-0.2, -0.15) is 0 Å². The van der Waals surface area contributed by atoms with Gasteiger partial charge in [0.25, 0.3) is 15.9 Å². The van der Waals surface area contributed by atoms with E-state index in [1.165, 1.54) is 10.2 Å². The minimum absolute atomic E-state index is 0.0237. The molecular weight excluding hydrogens is 676 g/mol. The number of para-hydroxylation sites is 1. The minimum atomic E-state index is -3.92. The molecule has 0 bridgehead atoms. The average Bonchev–Trinajstić information content (AvgIpc) is 3.37. The molecule has 0 unspecified atom stereocenters. The van der Waals surface area contributed by atoms with Gasteiger partial charge in [0.1, 0.15) is 5.60 Å². The molecular formula is C37H39ClN6O5S. The summed E-state index contributed by atoms with van der Waals surface area (Å²) in [6, 6.07) is 22.1. The molecule has 260 valence electrons. The predicted molar refractivity (Wildman–Crippen MR) is 195 cm³/mol. The third-order valence-electron chi connectivity index (χ3n) is 8.46. The number of hydrogen-bond donors (Lipinski definition) is 3. The first-order chi connectivity index (χ1) is 23.8. The number of nitrogens with zero attached hydrogens (tertiary/aromatic N) is 3. The number of aromatic nitrogens is 3. The normalized spacial score (nSPS) is 16.5. The maximum atomic E-state index is 13.9. The molecule has 0 aliphatic heterocycles. The molecule has 3 N–H and O–H groups in total. The molecule has 50 heavy (non-hydrogen) atoms. The van der Waals surface area contributed by atoms with Crippen LogP contribution in [0.1, 0.15) is 62.5 Å². The third kappa shape index (κ3) is 7.61. The predicted octanol–water partition coefficient (Wildman–Crippen LogP) is 7.80. The second-order valence-corrected chi connectivity index (χ2v) is 15.5. The second kappa shape index (κ2) is 14.1. The zero-order valence-electron chi connectivity index (χ0n) is 28.2. The van der Waals surface area contributed by atoms with Gasteiger partial charge in [-0.15, -0.1) is 0 Å². The van der Waals surface area contributed by atoms with E-state index in [1.807, 2.05) is 12.1 Å². The average molecular weight is 715 g/mol. The van der Waals surface area contributed by atoms with Gasteiger partial charge < -0.3 is 15.4 Å². The highest BCUT2D eigenvalue weighted by Crippen LogP contribution is 2.39. The van der Waals surface area contributed by atoms with E-state index in [0.29, 0.717) is 56.5 Å². The summed E-state index contributed by atoms with van der Waals surface area (Å²) in [5, 5.41) is 10.2. The van der Waals surface area contributed by atoms with Gasteiger partial charge in [0, 0.05) is 40.0 Å². The Morgan fingerprint density at radius 1 is 0.940 bits per heavy atom. The van der Waals surface area contributed by atoms with E-state index in [0.717, 1.165) is 19.3 Å². The number of carbonyl (C=O) groups is 2. The first-order valence-corrected chi connectivity index (χ1v) is 18.2. The van der Waals surface area contributed by atoms with Crippen molar-refractivity contribution in [1.29, 1.82) is 0 Å². The highest BCUT2D eigenvalue weighted by atomic mass is 35.5. The van der Waals surface area contributed by atoms with E-state index in [-0.39, 0.29) is 22.9 Å². The number of ether oxygens (including phenoxy) is 1. The lowest BCUT2D eigenvalue weighted by atomic mass is 9.91. The molecule has 5 aromatic rings. The molecule has 1 saturated carbocycles. The maximum Gasteiger partial charge on any atom is 0.412 e. The first kappa shape index (κ1) is 34.9. The van der Waals surface area contributed by atoms with Crippen LogP contribution in [0.2, 0.25) is 5.02 Å². The van der Waals surface area contributed by atoms with E-state index in [1.54, 1.807) is 94.4 Å². The van der Waals surface area contributed by atoms with Crippen molar-refractivity contribution in [1.82, 2.24) is 19.3 Å². The number of carbonyl (C=O) groups excluding carboxylic acids is 2. The molecule has 2 atom stereocenters. The Hall–Kier alpha value is -4.94. The Morgan fingerprint density at radius 3 is 2.34 bits per heavy atom. The van der Waals surface area contributed by atoms with Crippen molar-refractivity contribution in [3.05, 3.63) is 101 Å². The highest BCUT2D eigenvalue weighted by molar-refractivity contribution is 7.90. The van der Waals surface area contributed by atoms with Gasteiger partial charge in [0.05, 0.1) is 27.3 Å². The van der Waals surface area contributed by atoms with E-state index in [4.69, 9.17) is 21.3 Å². The SMILES string of the molecule is Cc1c(-c2nc(N[C@@H]3CCC[C@H](NC(=O)c4ccc(NC(=O)OC(C)(C)C)cc4)C3)ncc2Cl)c2ccccc2n1S(=O)(=O)c1ccccc1. The first-order valence-electron chi connectivity index (χ1n) is 16.4. The molecule has 2 aromatic heterocycles. The summed E-state index contributed by atoms with van der Waals surface area (Å²) >= 11 is 6.70. The van der Waals surface area contributed by atoms with Crippen molar-refractivity contribution in [2.45, 2.75) is 76.0 Å². The summed E-state index contributed by atoms with van der Waals surface area (Å²) in [5.74, 6) is 0.151. The van der Waals surface area contributed by atoms with E-state index >= 15 is 0 Å². The van der Waals surface area contributed by atoms with Crippen molar-refractivity contribution in [2.75, 3.05) is 10.6 Å². The quantitative estimate of drug-likeness (QED) is 0.148. The lowest BCUT2D eigenvalue weighted by molar-refractivity contribution is 0.0635. The number of hydrogen-bond acceptors (Lipinski definition) is 8. The zero-order valence-corrected chi connectivity index (χ0v) is 29.8. The minimum Gasteiger partial charge on any atom is -0.444 e. The van der Waals surface area contributed by atoms with Crippen LogP contribution in [0.15, 0.2) is 90.0 Å². The number of fused-ring (bicyclic) bond motifs is 1. The third-order valence-corrected chi connectivity index (χ3v) is 10.6. The summed E-state index contributed by atoms with van der Waals surface area (Å²) < 4.78 is 34.3. The van der Waals surface area contributed by atoms with Crippen molar-refractivity contribution >= 4 is 56.2 Å². The molecule has 1 fully saturated rings. The summed E-state index contributed by atoms with van der Waals surface area (Å²) in [6.07, 6.45) is 4.16. The van der Waals surface area contributed by atoms with Crippen molar-refractivity contribution < 1.29 is 22.7 Å². The fourth-order valence-corrected chi connectivity index (χ4v) is 8.05. The highest BCUT2D eigenvalue weighted by Gasteiger charge is 2.28. The van der Waals surface area contributed by atoms with Crippen LogP contribution in [0.3, 0.4) is 0 Å². The largest absolute Gasteiger partial charge is 0.444 e. The standard InChI is InChI=1S/C37H39ClN6O5S/c1-23-32(29-15-8-9-16-31(29)44(23)50(47,48)28-13-6-5-7-14-28)33-30(38)22-39-35(43-33)41-27-12-10-11-26(21-27)40-34(45)24-17-19-25(20-18-24)42-36(46)49-37(2,3)4/h5-9,13-20,22,26-27H,10-12,21H2,1-4H3,(H,40,45)(H,42,46)(H,39,41,43)/t26-,27+/m0/s1. The summed E-state index contributed by atoms with van der Waals surface area (Å²) in [4.78, 5) is 34.6. The van der Waals surface area contributed by atoms with Gasteiger partial charge in [0.2, 0.25) is 5.95 Å². The molecule has 3 aromatic carbocycles. The van der Waals surface area contributed by atoms with Crippen LogP contribution in [0.4, 0.5) is 16.4 Å². The number of amides is 2. The molecule has 2 heterocycles. The Balaban J connectivity index is 1.17. The molecule has 13 heteroatoms. The van der Waals surface area contributed by atoms with Crippen LogP contribution in [-0.2, 0) is 14.8 Å². The van der Waals surface area contributed by atoms with Crippen LogP contribution in [-0.4, -0.2) is 52.0 Å². The van der Waals surface area contributed by atoms with E-state index in [2.05, 4.69) is 20.9 Å². The molecule has 0 saturated heterocycles. The van der Waals surface area contributed by atoms with E-state index < -0.39 is 21.7 Å². The Bertz CT molecular complexity index is 2150. The molecule has 6 rings (SSSR count). The number of benzene rings is 3. The van der Waals surface area contributed by atoms with Gasteiger partial charge in [-0.3, -0.25) is 10.1 Å². The zero-order chi connectivity index (χ0) is 35.6. The van der Waals surface area contributed by atoms with Crippen LogP contribution >= 0.6 is 11.6 Å². The van der Waals surface area contributed by atoms with Gasteiger partial charge in [0.15, 0.2) is 0 Å². The fraction of sp³-hybridized carbons (Fsp3) is 0.297. The summed E-state index contributed by atoms with van der Waals surface area (Å²) in [6.45, 7) is 7.11. The van der Waals surface area contributed by atoms with Crippen molar-refractivity contribution in [3.63, 3.8) is 0 Å². The smallest absolute Gasteiger partial charge is 0.412 e. The molecule has 0 radical (unpaired) electrons. The number of nitrogens with one attached hydrogen (secondary N) is 3. The maximum absolute atomic E-state index is 13.9. The van der Waals surface area contributed by atoms with Crippen LogP contribution in [0.5, 0.6) is 0 Å². The van der Waals surface area contributed by atoms with Crippen LogP contribution in [0.25, 0.3) is 22.2 Å². The molecule has 11 nitrogen and oxygen atoms in total. The number of anilines is 2. The summed E-state index contributed by atoms with van der Waals surface area (Å²) in [7, 11) is -3.92. The fourth-order valence-electron chi connectivity index (χ4n) is 6.29. The van der Waals surface area contributed by atoms with Gasteiger partial charge in [-0.1, -0.05) is 48.0 Å². The van der Waals surface area contributed by atoms with Crippen molar-refractivity contribution in [3.8, 4) is 11.3 Å². The Kier molecular flexibility index (Phi) is 9.86. The molecule has 2 amide bonds. The second-order valence-electron chi connectivity index (χ2n) is 13.3. The molecule has 0 spiro atoms. The Labute approximate surface area is 296 Å². The topological polar surface area (TPSA) is 144 Å². The lowest BCUT2D eigenvalue weighted by Crippen LogP contribution is -2.42. The Morgan fingerprint density at radius 2 is 1.62 bits per heavy atom. The number of rotatable bonds is 8. The van der Waals surface area contributed by atoms with Gasteiger partial charge >= 0.3 is 6.09 Å². The van der Waals surface area contributed by atoms with Gasteiger partial charge in [-0.25, -0.2) is 27.2 Å². The molecule has 1 aliphatic rings. The van der Waals surface area contributed by atoms with Gasteiger partial charge in [-0.05, 0) is 95.8 Å². The van der Waals surface area contributed by atoms with Crippen molar-refractivity contribution in [2.24, 2.45) is 0 Å². The lowest BCUT2D eigenvalue weighted by Gasteiger charge is -2.30.